The van der Waals surface area contributed by atoms with Crippen LogP contribution in [0.5, 0.6) is 5.88 Å². The molecule has 2 aliphatic heterocycles. The molecule has 0 saturated carbocycles. The topological polar surface area (TPSA) is 147 Å². The zero-order valence-electron chi connectivity index (χ0n) is 29.8. The van der Waals surface area contributed by atoms with Crippen LogP contribution in [0.25, 0.3) is 33.2 Å². The Morgan fingerprint density at radius 3 is 2.62 bits per heavy atom. The number of pyridine rings is 2. The first-order valence-electron chi connectivity index (χ1n) is 17.6. The van der Waals surface area contributed by atoms with E-state index in [0.29, 0.717) is 28.7 Å². The van der Waals surface area contributed by atoms with Gasteiger partial charge in [0.2, 0.25) is 5.88 Å². The molecule has 52 heavy (non-hydrogen) atoms. The van der Waals surface area contributed by atoms with Gasteiger partial charge in [-0.25, -0.2) is 19.4 Å². The second-order valence-corrected chi connectivity index (χ2v) is 14.1. The van der Waals surface area contributed by atoms with Gasteiger partial charge in [-0.2, -0.15) is 5.10 Å². The first-order valence-corrected chi connectivity index (χ1v) is 17.9. The number of methoxy groups -OCH3 is 1. The molecule has 12 nitrogen and oxygen atoms in total. The number of aliphatic hydroxyl groups is 1. The lowest BCUT2D eigenvalue weighted by Crippen LogP contribution is -2.45. The molecule has 3 aliphatic rings. The van der Waals surface area contributed by atoms with E-state index >= 15 is 0 Å². The molecule has 5 aromatic rings. The normalized spacial score (nSPS) is 17.7. The number of aliphatic hydroxyl groups excluding tert-OH is 1. The number of hydrogen-bond donors (Lipinski definition) is 4. The average molecular weight is 723 g/mol. The molecule has 1 unspecified atom stereocenters. The SMILES string of the molecule is COc1nc(-c2cccc(-c3cccc(Nc4nc(C)cc5cnn(C)c(=O)c45)c3C)c2Cl)cc2c1CCC2.O=C1NC2(CCNC2)CN1CCO. The van der Waals surface area contributed by atoms with Crippen LogP contribution in [0.2, 0.25) is 5.02 Å². The average Bonchev–Trinajstić information content (AvgIpc) is 3.87. The van der Waals surface area contributed by atoms with E-state index in [1.54, 1.807) is 25.3 Å². The maximum atomic E-state index is 12.9. The van der Waals surface area contributed by atoms with Crippen molar-refractivity contribution < 1.29 is 14.6 Å². The molecule has 270 valence electrons. The Morgan fingerprint density at radius 1 is 1.06 bits per heavy atom. The number of fused-ring (bicyclic) bond motifs is 2. The number of amides is 2. The molecule has 0 radical (unpaired) electrons. The highest BCUT2D eigenvalue weighted by molar-refractivity contribution is 6.36. The summed E-state index contributed by atoms with van der Waals surface area (Å²) >= 11 is 7.08. The van der Waals surface area contributed by atoms with Gasteiger partial charge in [-0.05, 0) is 81.0 Å². The van der Waals surface area contributed by atoms with Gasteiger partial charge in [0.1, 0.15) is 5.82 Å². The zero-order valence-corrected chi connectivity index (χ0v) is 30.6. The number of carbonyl (C=O) groups excluding carboxylic acids is 1. The van der Waals surface area contributed by atoms with Crippen molar-refractivity contribution in [2.75, 3.05) is 45.2 Å². The highest BCUT2D eigenvalue weighted by Gasteiger charge is 2.43. The molecule has 1 aliphatic carbocycles. The van der Waals surface area contributed by atoms with Gasteiger partial charge < -0.3 is 30.7 Å². The predicted octanol–water partition coefficient (Wildman–Crippen LogP) is 5.30. The van der Waals surface area contributed by atoms with Crippen LogP contribution >= 0.6 is 11.6 Å². The Hall–Kier alpha value is -5.04. The second-order valence-electron chi connectivity index (χ2n) is 13.7. The fourth-order valence-corrected chi connectivity index (χ4v) is 7.85. The highest BCUT2D eigenvalue weighted by Crippen LogP contribution is 2.41. The number of anilines is 2. The number of halogens is 1. The first-order chi connectivity index (χ1) is 25.1. The van der Waals surface area contributed by atoms with Crippen LogP contribution in [0.3, 0.4) is 0 Å². The van der Waals surface area contributed by atoms with E-state index in [-0.39, 0.29) is 23.7 Å². The Labute approximate surface area is 307 Å². The third-order valence-corrected chi connectivity index (χ3v) is 10.6. The van der Waals surface area contributed by atoms with Gasteiger partial charge in [0.25, 0.3) is 5.56 Å². The monoisotopic (exact) mass is 722 g/mol. The zero-order chi connectivity index (χ0) is 36.6. The lowest BCUT2D eigenvalue weighted by Gasteiger charge is -2.20. The summed E-state index contributed by atoms with van der Waals surface area (Å²) in [7, 11) is 3.31. The summed E-state index contributed by atoms with van der Waals surface area (Å²) in [5, 5.41) is 24.4. The van der Waals surface area contributed by atoms with E-state index in [1.807, 2.05) is 56.3 Å². The number of aromatic nitrogens is 4. The fourth-order valence-electron chi connectivity index (χ4n) is 7.53. The van der Waals surface area contributed by atoms with E-state index in [1.165, 1.54) is 15.8 Å². The number of ether oxygens (including phenoxy) is 1. The van der Waals surface area contributed by atoms with E-state index in [2.05, 4.69) is 32.1 Å². The smallest absolute Gasteiger partial charge is 0.318 e. The number of nitrogens with one attached hydrogen (secondary N) is 3. The molecule has 3 aromatic heterocycles. The van der Waals surface area contributed by atoms with Crippen molar-refractivity contribution >= 4 is 39.9 Å². The number of aryl methyl sites for hydroxylation is 3. The summed E-state index contributed by atoms with van der Waals surface area (Å²) in [6.07, 6.45) is 5.80. The van der Waals surface area contributed by atoms with Crippen LogP contribution < -0.4 is 26.2 Å². The molecule has 2 aromatic carbocycles. The number of nitrogens with zero attached hydrogens (tertiary/aromatic N) is 5. The summed E-state index contributed by atoms with van der Waals surface area (Å²) in [5.74, 6) is 1.19. The second kappa shape index (κ2) is 14.5. The highest BCUT2D eigenvalue weighted by atomic mass is 35.5. The maximum Gasteiger partial charge on any atom is 0.318 e. The molecule has 5 heterocycles. The Morgan fingerprint density at radius 2 is 1.85 bits per heavy atom. The molecule has 2 amide bonds. The Bertz CT molecular complexity index is 2230. The molecule has 13 heteroatoms. The Balaban J connectivity index is 0.000000271. The number of benzene rings is 2. The van der Waals surface area contributed by atoms with Gasteiger partial charge in [-0.15, -0.1) is 0 Å². The summed E-state index contributed by atoms with van der Waals surface area (Å²) in [5.41, 5.74) is 8.38. The molecule has 4 N–H and O–H groups in total. The van der Waals surface area contributed by atoms with Gasteiger partial charge in [0, 0.05) is 60.1 Å². The molecule has 8 rings (SSSR count). The molecule has 2 saturated heterocycles. The third kappa shape index (κ3) is 6.69. The number of β-amino-alcohol motifs (C(OH)–C–C–N with tert-alkyl or cyclic N) is 1. The van der Waals surface area contributed by atoms with E-state index in [9.17, 15) is 9.59 Å². The van der Waals surface area contributed by atoms with Crippen molar-refractivity contribution in [3.8, 4) is 28.3 Å². The lowest BCUT2D eigenvalue weighted by atomic mass is 9.96. The van der Waals surface area contributed by atoms with Crippen molar-refractivity contribution in [2.45, 2.75) is 45.1 Å². The van der Waals surface area contributed by atoms with E-state index in [0.717, 1.165) is 90.0 Å². The third-order valence-electron chi connectivity index (χ3n) is 10.2. The van der Waals surface area contributed by atoms with Crippen LogP contribution in [-0.2, 0) is 19.9 Å². The summed E-state index contributed by atoms with van der Waals surface area (Å²) < 4.78 is 6.94. The summed E-state index contributed by atoms with van der Waals surface area (Å²) in [4.78, 5) is 35.5. The number of carbonyl (C=O) groups is 1. The van der Waals surface area contributed by atoms with Crippen molar-refractivity contribution in [2.24, 2.45) is 7.05 Å². The fraction of sp³-hybridized carbons (Fsp3) is 0.359. The van der Waals surface area contributed by atoms with Crippen LogP contribution in [0.1, 0.15) is 35.2 Å². The molecule has 2 fully saturated rings. The van der Waals surface area contributed by atoms with Gasteiger partial charge in [-0.1, -0.05) is 41.9 Å². The minimum absolute atomic E-state index is 0.0386. The van der Waals surface area contributed by atoms with Gasteiger partial charge in [0.05, 0.1) is 41.6 Å². The van der Waals surface area contributed by atoms with Gasteiger partial charge in [-0.3, -0.25) is 4.79 Å². The van der Waals surface area contributed by atoms with Crippen LogP contribution in [0, 0.1) is 13.8 Å². The quantitative estimate of drug-likeness (QED) is 0.176. The molecule has 0 bridgehead atoms. The largest absolute Gasteiger partial charge is 0.481 e. The molecule has 1 spiro atoms. The molecule has 1 atom stereocenters. The van der Waals surface area contributed by atoms with Crippen LogP contribution in [0.15, 0.2) is 59.5 Å². The van der Waals surface area contributed by atoms with Gasteiger partial charge in [0.15, 0.2) is 0 Å². The summed E-state index contributed by atoms with van der Waals surface area (Å²) in [6.45, 7) is 6.95. The van der Waals surface area contributed by atoms with Crippen molar-refractivity contribution in [1.29, 1.82) is 0 Å². The molecular weight excluding hydrogens is 680 g/mol. The first kappa shape index (κ1) is 35.4. The Kier molecular flexibility index (Phi) is 9.88. The standard InChI is InChI=1S/C31H28ClN5O2.C8H15N3O2/c1-17-14-20-16-33-37(3)31(38)27(20)29(34-17)35-25-13-7-9-21(18(25)2)23-11-6-12-24(28(23)32)26-15-19-8-5-10-22(19)30(36-26)39-4;12-4-3-11-6-8(10-7(11)13)1-2-9-5-8/h6-7,9,11-16H,5,8,10H2,1-4H3,(H,34,35);9,12H,1-6H2,(H,10,13). The van der Waals surface area contributed by atoms with Gasteiger partial charge >= 0.3 is 6.03 Å². The minimum Gasteiger partial charge on any atom is -0.481 e. The predicted molar refractivity (Wildman–Crippen MR) is 204 cm³/mol. The van der Waals surface area contributed by atoms with Crippen LogP contribution in [-0.4, -0.2) is 81.2 Å². The maximum absolute atomic E-state index is 12.9. The van der Waals surface area contributed by atoms with Crippen molar-refractivity contribution in [3.63, 3.8) is 0 Å². The number of rotatable bonds is 7. The van der Waals surface area contributed by atoms with Crippen molar-refractivity contribution in [3.05, 3.63) is 92.5 Å². The van der Waals surface area contributed by atoms with E-state index in [4.69, 9.17) is 26.4 Å². The number of hydrogen-bond acceptors (Lipinski definition) is 9. The summed E-state index contributed by atoms with van der Waals surface area (Å²) in [6, 6.07) is 16.0. The van der Waals surface area contributed by atoms with E-state index < -0.39 is 0 Å². The lowest BCUT2D eigenvalue weighted by molar-refractivity contribution is 0.195. The number of urea groups is 1. The molecular formula is C39H43ClN8O4. The minimum atomic E-state index is -0.204. The van der Waals surface area contributed by atoms with Crippen LogP contribution in [0.4, 0.5) is 16.3 Å². The van der Waals surface area contributed by atoms with Crippen molar-refractivity contribution in [1.82, 2.24) is 35.3 Å².